The fourth-order valence-electron chi connectivity index (χ4n) is 3.19. The maximum atomic E-state index is 12.4. The summed E-state index contributed by atoms with van der Waals surface area (Å²) in [6, 6.07) is 4.25. The van der Waals surface area contributed by atoms with E-state index in [-0.39, 0.29) is 17.4 Å². The van der Waals surface area contributed by atoms with Gasteiger partial charge in [0.2, 0.25) is 0 Å². The SMILES string of the molecule is COc1cc(/C=C/C(=O)O[C@H](C)C(=O)NCC2CCCCC2)ccc1OC(F)F. The summed E-state index contributed by atoms with van der Waals surface area (Å²) >= 11 is 0. The fraction of sp³-hybridized carbons (Fsp3) is 0.524. The zero-order valence-electron chi connectivity index (χ0n) is 16.7. The molecular weight excluding hydrogens is 384 g/mol. The van der Waals surface area contributed by atoms with Gasteiger partial charge in [-0.1, -0.05) is 25.3 Å². The van der Waals surface area contributed by atoms with Gasteiger partial charge in [0, 0.05) is 12.6 Å². The van der Waals surface area contributed by atoms with Crippen LogP contribution in [0.25, 0.3) is 6.08 Å². The summed E-state index contributed by atoms with van der Waals surface area (Å²) in [5.74, 6) is -0.519. The van der Waals surface area contributed by atoms with Gasteiger partial charge in [0.05, 0.1) is 7.11 Å². The lowest BCUT2D eigenvalue weighted by atomic mass is 9.89. The Morgan fingerprint density at radius 2 is 1.93 bits per heavy atom. The predicted octanol–water partition coefficient (Wildman–Crippen LogP) is 3.94. The largest absolute Gasteiger partial charge is 0.493 e. The Balaban J connectivity index is 1.83. The van der Waals surface area contributed by atoms with E-state index >= 15 is 0 Å². The summed E-state index contributed by atoms with van der Waals surface area (Å²) in [6.45, 7) is -0.851. The molecule has 1 aromatic carbocycles. The second-order valence-electron chi connectivity index (χ2n) is 6.95. The van der Waals surface area contributed by atoms with E-state index < -0.39 is 18.7 Å². The molecule has 0 bridgehead atoms. The second-order valence-corrected chi connectivity index (χ2v) is 6.95. The third-order valence-corrected chi connectivity index (χ3v) is 4.77. The Labute approximate surface area is 169 Å². The van der Waals surface area contributed by atoms with Crippen LogP contribution in [0.4, 0.5) is 8.78 Å². The smallest absolute Gasteiger partial charge is 0.387 e. The lowest BCUT2D eigenvalue weighted by Crippen LogP contribution is -2.38. The Bertz CT molecular complexity index is 717. The molecule has 0 unspecified atom stereocenters. The van der Waals surface area contributed by atoms with Gasteiger partial charge < -0.3 is 19.5 Å². The van der Waals surface area contributed by atoms with E-state index in [1.54, 1.807) is 0 Å². The van der Waals surface area contributed by atoms with E-state index in [9.17, 15) is 18.4 Å². The van der Waals surface area contributed by atoms with Crippen LogP contribution in [-0.4, -0.2) is 38.2 Å². The highest BCUT2D eigenvalue weighted by Crippen LogP contribution is 2.29. The summed E-state index contributed by atoms with van der Waals surface area (Å²) in [5.41, 5.74) is 0.523. The van der Waals surface area contributed by atoms with E-state index in [1.165, 1.54) is 57.6 Å². The molecule has 0 spiro atoms. The molecular formula is C21H27F2NO5. The third-order valence-electron chi connectivity index (χ3n) is 4.77. The van der Waals surface area contributed by atoms with E-state index in [2.05, 4.69) is 10.1 Å². The number of carbonyl (C=O) groups is 2. The first-order valence-electron chi connectivity index (χ1n) is 9.68. The van der Waals surface area contributed by atoms with Gasteiger partial charge in [-0.05, 0) is 49.5 Å². The molecule has 1 amide bonds. The van der Waals surface area contributed by atoms with Crippen molar-refractivity contribution in [3.63, 3.8) is 0 Å². The number of nitrogens with one attached hydrogen (secondary N) is 1. The van der Waals surface area contributed by atoms with Crippen molar-refractivity contribution in [3.8, 4) is 11.5 Å². The van der Waals surface area contributed by atoms with Crippen molar-refractivity contribution >= 4 is 18.0 Å². The number of ether oxygens (including phenoxy) is 3. The molecule has 0 saturated heterocycles. The molecule has 1 N–H and O–H groups in total. The maximum Gasteiger partial charge on any atom is 0.387 e. The van der Waals surface area contributed by atoms with E-state index in [0.29, 0.717) is 18.0 Å². The molecule has 8 heteroatoms. The van der Waals surface area contributed by atoms with Crippen LogP contribution in [0.5, 0.6) is 11.5 Å². The van der Waals surface area contributed by atoms with Crippen LogP contribution in [0, 0.1) is 5.92 Å². The van der Waals surface area contributed by atoms with Crippen LogP contribution in [0.15, 0.2) is 24.3 Å². The average molecular weight is 411 g/mol. The van der Waals surface area contributed by atoms with Gasteiger partial charge in [-0.25, -0.2) is 4.79 Å². The molecule has 1 atom stereocenters. The van der Waals surface area contributed by atoms with Crippen molar-refractivity contribution in [1.82, 2.24) is 5.32 Å². The van der Waals surface area contributed by atoms with Gasteiger partial charge in [0.15, 0.2) is 17.6 Å². The summed E-state index contributed by atoms with van der Waals surface area (Å²) in [7, 11) is 1.32. The molecule has 1 fully saturated rings. The number of hydrogen-bond donors (Lipinski definition) is 1. The normalized spacial score (nSPS) is 15.9. The first-order chi connectivity index (χ1) is 13.9. The van der Waals surface area contributed by atoms with Crippen LogP contribution in [0.2, 0.25) is 0 Å². The lowest BCUT2D eigenvalue weighted by Gasteiger charge is -2.22. The van der Waals surface area contributed by atoms with Crippen molar-refractivity contribution in [2.45, 2.75) is 51.7 Å². The van der Waals surface area contributed by atoms with Crippen LogP contribution < -0.4 is 14.8 Å². The van der Waals surface area contributed by atoms with E-state index in [0.717, 1.165) is 18.9 Å². The lowest BCUT2D eigenvalue weighted by molar-refractivity contribution is -0.150. The zero-order valence-corrected chi connectivity index (χ0v) is 16.7. The highest BCUT2D eigenvalue weighted by atomic mass is 19.3. The van der Waals surface area contributed by atoms with Gasteiger partial charge in [0.1, 0.15) is 0 Å². The molecule has 160 valence electrons. The summed E-state index contributed by atoms with van der Waals surface area (Å²) in [4.78, 5) is 24.1. The molecule has 1 aliphatic carbocycles. The standard InChI is InChI=1S/C21H27F2NO5/c1-14(20(26)24-13-16-6-4-3-5-7-16)28-19(25)11-9-15-8-10-17(29-21(22)23)18(12-15)27-2/h8-12,14,16,21H,3-7,13H2,1-2H3,(H,24,26)/b11-9+/t14-/m1/s1. The molecule has 1 aromatic rings. The average Bonchev–Trinajstić information content (AvgIpc) is 2.71. The molecule has 1 aliphatic rings. The van der Waals surface area contributed by atoms with Crippen molar-refractivity contribution in [2.75, 3.05) is 13.7 Å². The van der Waals surface area contributed by atoms with Crippen molar-refractivity contribution in [2.24, 2.45) is 5.92 Å². The van der Waals surface area contributed by atoms with Gasteiger partial charge in [-0.3, -0.25) is 4.79 Å². The molecule has 0 aliphatic heterocycles. The minimum absolute atomic E-state index is 0.106. The summed E-state index contributed by atoms with van der Waals surface area (Å²) in [6.07, 6.45) is 7.54. The Morgan fingerprint density at radius 1 is 1.21 bits per heavy atom. The monoisotopic (exact) mass is 411 g/mol. The number of rotatable bonds is 9. The third kappa shape index (κ3) is 7.71. The number of methoxy groups -OCH3 is 1. The predicted molar refractivity (Wildman–Crippen MR) is 104 cm³/mol. The number of carbonyl (C=O) groups excluding carboxylic acids is 2. The second kappa shape index (κ2) is 11.4. The summed E-state index contributed by atoms with van der Waals surface area (Å²) < 4.78 is 39.2. The van der Waals surface area contributed by atoms with Crippen LogP contribution in [0.1, 0.15) is 44.6 Å². The van der Waals surface area contributed by atoms with Gasteiger partial charge >= 0.3 is 12.6 Å². The van der Waals surface area contributed by atoms with Gasteiger partial charge in [-0.15, -0.1) is 0 Å². The van der Waals surface area contributed by atoms with E-state index in [1.807, 2.05) is 0 Å². The van der Waals surface area contributed by atoms with Crippen LogP contribution in [-0.2, 0) is 14.3 Å². The Morgan fingerprint density at radius 3 is 2.59 bits per heavy atom. The molecule has 29 heavy (non-hydrogen) atoms. The fourth-order valence-corrected chi connectivity index (χ4v) is 3.19. The minimum Gasteiger partial charge on any atom is -0.493 e. The quantitative estimate of drug-likeness (QED) is 0.492. The van der Waals surface area contributed by atoms with Crippen LogP contribution in [0.3, 0.4) is 0 Å². The molecule has 0 aromatic heterocycles. The first-order valence-corrected chi connectivity index (χ1v) is 9.68. The number of hydrogen-bond acceptors (Lipinski definition) is 5. The molecule has 0 heterocycles. The molecule has 0 radical (unpaired) electrons. The Kier molecular flexibility index (Phi) is 8.89. The molecule has 6 nitrogen and oxygen atoms in total. The minimum atomic E-state index is -2.97. The van der Waals surface area contributed by atoms with Crippen molar-refractivity contribution in [1.29, 1.82) is 0 Å². The molecule has 1 saturated carbocycles. The highest BCUT2D eigenvalue weighted by Gasteiger charge is 2.19. The molecule has 2 rings (SSSR count). The number of halogens is 2. The van der Waals surface area contributed by atoms with Crippen molar-refractivity contribution < 1.29 is 32.6 Å². The van der Waals surface area contributed by atoms with E-state index in [4.69, 9.17) is 9.47 Å². The number of esters is 1. The van der Waals surface area contributed by atoms with Crippen LogP contribution >= 0.6 is 0 Å². The maximum absolute atomic E-state index is 12.4. The number of alkyl halides is 2. The highest BCUT2D eigenvalue weighted by molar-refractivity contribution is 5.90. The van der Waals surface area contributed by atoms with Crippen molar-refractivity contribution in [3.05, 3.63) is 29.8 Å². The first kappa shape index (κ1) is 22.6. The Hall–Kier alpha value is -2.64. The number of amides is 1. The van der Waals surface area contributed by atoms with Gasteiger partial charge in [-0.2, -0.15) is 8.78 Å². The summed E-state index contributed by atoms with van der Waals surface area (Å²) in [5, 5.41) is 2.84. The zero-order chi connectivity index (χ0) is 21.2. The topological polar surface area (TPSA) is 73.9 Å². The number of benzene rings is 1. The van der Waals surface area contributed by atoms with Gasteiger partial charge in [0.25, 0.3) is 5.91 Å².